The molecule has 1 aromatic carbocycles. The molecule has 38 heavy (non-hydrogen) atoms. The van der Waals surface area contributed by atoms with Crippen LogP contribution in [0.2, 0.25) is 0 Å². The highest BCUT2D eigenvalue weighted by molar-refractivity contribution is 8.00. The molecule has 4 rings (SSSR count). The highest BCUT2D eigenvalue weighted by Gasteiger charge is 2.54. The maximum atomic E-state index is 13.0. The van der Waals surface area contributed by atoms with E-state index >= 15 is 0 Å². The number of hydrogen-bond acceptors (Lipinski definition) is 12. The third-order valence-corrected chi connectivity index (χ3v) is 7.07. The Bertz CT molecular complexity index is 1390. The van der Waals surface area contributed by atoms with Gasteiger partial charge in [0.25, 0.3) is 11.8 Å². The lowest BCUT2D eigenvalue weighted by molar-refractivity contribution is -0.150. The Hall–Kier alpha value is -4.73. The van der Waals surface area contributed by atoms with E-state index in [1.54, 1.807) is 30.3 Å². The highest BCUT2D eigenvalue weighted by atomic mass is 32.2. The lowest BCUT2D eigenvalue weighted by atomic mass is 10.0. The van der Waals surface area contributed by atoms with Crippen molar-refractivity contribution in [1.82, 2.24) is 25.2 Å². The van der Waals surface area contributed by atoms with Crippen molar-refractivity contribution in [2.75, 3.05) is 20.0 Å². The molecule has 2 aliphatic rings. The van der Waals surface area contributed by atoms with E-state index in [4.69, 9.17) is 4.74 Å². The van der Waals surface area contributed by atoms with Crippen LogP contribution in [0.3, 0.4) is 0 Å². The number of carboxylic acid groups (broad SMARTS) is 1. The van der Waals surface area contributed by atoms with Crippen molar-refractivity contribution in [2.24, 2.45) is 5.16 Å². The number of thioether (sulfide) groups is 1. The van der Waals surface area contributed by atoms with Gasteiger partial charge in [0.15, 0.2) is 11.4 Å². The van der Waals surface area contributed by atoms with E-state index in [0.29, 0.717) is 5.56 Å². The quantitative estimate of drug-likeness (QED) is 0.126. The van der Waals surface area contributed by atoms with Crippen molar-refractivity contribution in [3.05, 3.63) is 58.6 Å². The summed E-state index contributed by atoms with van der Waals surface area (Å²) in [7, 11) is 2.17. The van der Waals surface area contributed by atoms with Gasteiger partial charge >= 0.3 is 17.9 Å². The highest BCUT2D eigenvalue weighted by Crippen LogP contribution is 2.40. The van der Waals surface area contributed by atoms with Gasteiger partial charge in [-0.2, -0.15) is 0 Å². The molecule has 2 aliphatic heterocycles. The number of benzene rings is 1. The zero-order chi connectivity index (χ0) is 27.6. The van der Waals surface area contributed by atoms with Crippen LogP contribution in [-0.2, 0) is 30.4 Å². The second-order valence-corrected chi connectivity index (χ2v) is 8.97. The van der Waals surface area contributed by atoms with E-state index in [1.807, 2.05) is 0 Å². The molecule has 0 bridgehead atoms. The maximum absolute atomic E-state index is 13.0. The van der Waals surface area contributed by atoms with Crippen LogP contribution in [0.25, 0.3) is 0 Å². The number of ether oxygens (including phenoxy) is 2. The molecule has 198 valence electrons. The monoisotopic (exact) mass is 544 g/mol. The number of nitrogens with one attached hydrogen (secondary N) is 1. The topological polar surface area (TPSA) is 203 Å². The molecule has 1 fully saturated rings. The number of aromatic nitrogens is 3. The Morgan fingerprint density at radius 2 is 1.84 bits per heavy atom. The van der Waals surface area contributed by atoms with Gasteiger partial charge in [-0.15, -0.1) is 16.9 Å². The molecule has 0 saturated carbocycles. The van der Waals surface area contributed by atoms with Crippen LogP contribution < -0.4 is 5.32 Å². The Morgan fingerprint density at radius 3 is 2.45 bits per heavy atom. The van der Waals surface area contributed by atoms with Gasteiger partial charge in [-0.25, -0.2) is 19.1 Å². The number of carbonyl (C=O) groups is 5. The predicted octanol–water partition coefficient (Wildman–Crippen LogP) is -0.532. The number of hydrogen-bond donors (Lipinski definition) is 3. The first-order chi connectivity index (χ1) is 18.2. The first kappa shape index (κ1) is 26.3. The average molecular weight is 545 g/mol. The number of β-lactam (4-membered cyclic amide) rings is 1. The number of nitrogens with zero attached hydrogens (tertiary/aromatic N) is 5. The molecule has 16 heteroatoms. The van der Waals surface area contributed by atoms with Crippen LogP contribution in [0.4, 0.5) is 0 Å². The normalized spacial score (nSPS) is 18.8. The van der Waals surface area contributed by atoms with E-state index in [-0.39, 0.29) is 35.0 Å². The molecule has 2 aromatic rings. The Balaban J connectivity index is 1.59. The van der Waals surface area contributed by atoms with Crippen LogP contribution in [0, 0.1) is 0 Å². The fraction of sp³-hybridized carbons (Fsp3) is 0.273. The molecular weight excluding hydrogens is 524 g/mol. The first-order valence-corrected chi connectivity index (χ1v) is 11.9. The van der Waals surface area contributed by atoms with Gasteiger partial charge < -0.3 is 25.1 Å². The summed E-state index contributed by atoms with van der Waals surface area (Å²) >= 11 is 1.17. The standard InChI is InChI=1S/C22H20N6O9S/c1-36-21(33)13-16(22(34)37-2)27(26-24-13)8-11-9-38-19-14(18(30)28(19)15(11)20(31)32)23-17(29)12(25-35)10-6-4-3-5-7-10/h3-7,14,19,35H,8-9H2,1-2H3,(H,23,29)(H,31,32)/t14-,19+/m1/s1. The summed E-state index contributed by atoms with van der Waals surface area (Å²) in [5, 5.41) is 31.4. The van der Waals surface area contributed by atoms with Gasteiger partial charge in [0.05, 0.1) is 20.8 Å². The number of rotatable bonds is 8. The molecule has 1 saturated heterocycles. The fourth-order valence-electron chi connectivity index (χ4n) is 3.98. The Kier molecular flexibility index (Phi) is 7.43. The third kappa shape index (κ3) is 4.56. The first-order valence-electron chi connectivity index (χ1n) is 10.8. The smallest absolute Gasteiger partial charge is 0.361 e. The van der Waals surface area contributed by atoms with Crippen LogP contribution in [-0.4, -0.2) is 97.0 Å². The van der Waals surface area contributed by atoms with Gasteiger partial charge in [0.1, 0.15) is 17.1 Å². The lowest BCUT2D eigenvalue weighted by Crippen LogP contribution is -2.71. The van der Waals surface area contributed by atoms with Crippen molar-refractivity contribution < 1.29 is 43.8 Å². The fourth-order valence-corrected chi connectivity index (χ4v) is 5.32. The number of carboxylic acids is 1. The SMILES string of the molecule is COC(=O)c1nnn(CC2=C(C(=O)O)N3C(=O)[C@@H](NC(=O)C(=NO)c4ccccc4)[C@@H]3SC2)c1C(=O)OC. The number of oxime groups is 1. The summed E-state index contributed by atoms with van der Waals surface area (Å²) in [5.74, 6) is -4.74. The summed E-state index contributed by atoms with van der Waals surface area (Å²) in [5.41, 5.74) is -0.905. The number of aliphatic carboxylic acids is 1. The van der Waals surface area contributed by atoms with Crippen LogP contribution >= 0.6 is 11.8 Å². The zero-order valence-corrected chi connectivity index (χ0v) is 20.7. The number of methoxy groups -OCH3 is 2. The Labute approximate surface area is 218 Å². The number of fused-ring (bicyclic) bond motifs is 1. The molecular formula is C22H20N6O9S. The third-order valence-electron chi connectivity index (χ3n) is 5.73. The van der Waals surface area contributed by atoms with Crippen molar-refractivity contribution in [2.45, 2.75) is 18.0 Å². The van der Waals surface area contributed by atoms with Gasteiger partial charge in [-0.3, -0.25) is 14.5 Å². The molecule has 2 amide bonds. The molecule has 3 heterocycles. The van der Waals surface area contributed by atoms with Crippen molar-refractivity contribution in [3.8, 4) is 0 Å². The molecule has 1 aromatic heterocycles. The summed E-state index contributed by atoms with van der Waals surface area (Å²) in [6.45, 7) is -0.300. The number of carbonyl (C=O) groups excluding carboxylic acids is 4. The van der Waals surface area contributed by atoms with Gasteiger partial charge in [-0.05, 0) is 5.57 Å². The largest absolute Gasteiger partial charge is 0.477 e. The summed E-state index contributed by atoms with van der Waals surface area (Å²) in [4.78, 5) is 63.2. The Morgan fingerprint density at radius 1 is 1.16 bits per heavy atom. The van der Waals surface area contributed by atoms with E-state index in [2.05, 4.69) is 25.5 Å². The second kappa shape index (κ2) is 10.7. The van der Waals surface area contributed by atoms with Crippen molar-refractivity contribution >= 4 is 47.2 Å². The van der Waals surface area contributed by atoms with E-state index in [0.717, 1.165) is 23.8 Å². The summed E-state index contributed by atoms with van der Waals surface area (Å²) in [6.07, 6.45) is 0. The molecule has 3 N–H and O–H groups in total. The molecule has 15 nitrogen and oxygen atoms in total. The second-order valence-electron chi connectivity index (χ2n) is 7.86. The number of amides is 2. The van der Waals surface area contributed by atoms with Crippen molar-refractivity contribution in [3.63, 3.8) is 0 Å². The molecule has 0 unspecified atom stereocenters. The van der Waals surface area contributed by atoms with Crippen LogP contribution in [0.1, 0.15) is 26.5 Å². The van der Waals surface area contributed by atoms with Gasteiger partial charge in [-0.1, -0.05) is 40.7 Å². The van der Waals surface area contributed by atoms with Crippen LogP contribution in [0.15, 0.2) is 46.8 Å². The minimum absolute atomic E-state index is 0.0795. The lowest BCUT2D eigenvalue weighted by Gasteiger charge is -2.49. The van der Waals surface area contributed by atoms with E-state index in [1.165, 1.54) is 11.8 Å². The molecule has 0 spiro atoms. The predicted molar refractivity (Wildman–Crippen MR) is 127 cm³/mol. The average Bonchev–Trinajstić information content (AvgIpc) is 3.34. The summed E-state index contributed by atoms with van der Waals surface area (Å²) in [6, 6.07) is 7.02. The van der Waals surface area contributed by atoms with Crippen molar-refractivity contribution in [1.29, 1.82) is 0 Å². The van der Waals surface area contributed by atoms with E-state index < -0.39 is 46.8 Å². The number of esters is 2. The van der Waals surface area contributed by atoms with Crippen LogP contribution in [0.5, 0.6) is 0 Å². The maximum Gasteiger partial charge on any atom is 0.361 e. The minimum atomic E-state index is -1.42. The minimum Gasteiger partial charge on any atom is -0.477 e. The molecule has 0 radical (unpaired) electrons. The van der Waals surface area contributed by atoms with E-state index in [9.17, 15) is 34.3 Å². The zero-order valence-electron chi connectivity index (χ0n) is 19.9. The van der Waals surface area contributed by atoms with Gasteiger partial charge in [0.2, 0.25) is 5.69 Å². The summed E-state index contributed by atoms with van der Waals surface area (Å²) < 4.78 is 10.3. The molecule has 2 atom stereocenters. The molecule has 0 aliphatic carbocycles. The van der Waals surface area contributed by atoms with Gasteiger partial charge in [0, 0.05) is 11.3 Å².